The molecule has 172 valence electrons. The first-order valence-electron chi connectivity index (χ1n) is 10.6. The van der Waals surface area contributed by atoms with E-state index in [2.05, 4.69) is 5.32 Å². The van der Waals surface area contributed by atoms with Crippen molar-refractivity contribution in [2.24, 2.45) is 0 Å². The Hall–Kier alpha value is -2.58. The third kappa shape index (κ3) is 6.01. The molecule has 2 aromatic carbocycles. The molecule has 2 amide bonds. The van der Waals surface area contributed by atoms with Gasteiger partial charge in [-0.05, 0) is 88.3 Å². The van der Waals surface area contributed by atoms with E-state index in [0.29, 0.717) is 18.7 Å². The predicted molar refractivity (Wildman–Crippen MR) is 126 cm³/mol. The lowest BCUT2D eigenvalue weighted by molar-refractivity contribution is -0.138. The minimum Gasteiger partial charge on any atom is -0.480 e. The van der Waals surface area contributed by atoms with Crippen LogP contribution in [0.4, 0.5) is 14.9 Å². The second kappa shape index (κ2) is 9.92. The summed E-state index contributed by atoms with van der Waals surface area (Å²) in [6, 6.07) is 11.6. The third-order valence-corrected chi connectivity index (χ3v) is 6.74. The zero-order valence-corrected chi connectivity index (χ0v) is 19.7. The number of hydrogen-bond donors (Lipinski definition) is 2. The number of urea groups is 1. The number of thioether (sulfide) groups is 1. The quantitative estimate of drug-likeness (QED) is 0.575. The van der Waals surface area contributed by atoms with Crippen LogP contribution < -0.4 is 5.32 Å². The Morgan fingerprint density at radius 3 is 2.38 bits per heavy atom. The summed E-state index contributed by atoms with van der Waals surface area (Å²) >= 11 is 1.32. The van der Waals surface area contributed by atoms with Crippen molar-refractivity contribution in [1.29, 1.82) is 0 Å². The van der Waals surface area contributed by atoms with E-state index in [0.717, 1.165) is 23.4 Å². The number of hydrogen-bond acceptors (Lipinski definition) is 4. The Balaban J connectivity index is 1.75. The summed E-state index contributed by atoms with van der Waals surface area (Å²) in [6.45, 7) is 4.67. The number of rotatable bonds is 8. The van der Waals surface area contributed by atoms with Crippen molar-refractivity contribution in [2.45, 2.75) is 42.4 Å². The number of carbonyl (C=O) groups excluding carboxylic acids is 1. The molecule has 0 aliphatic heterocycles. The van der Waals surface area contributed by atoms with Crippen LogP contribution in [0.25, 0.3) is 0 Å². The van der Waals surface area contributed by atoms with Crippen molar-refractivity contribution >= 4 is 29.4 Å². The first-order chi connectivity index (χ1) is 15.0. The molecule has 0 spiro atoms. The fourth-order valence-corrected chi connectivity index (χ4v) is 4.69. The summed E-state index contributed by atoms with van der Waals surface area (Å²) in [4.78, 5) is 29.4. The van der Waals surface area contributed by atoms with Crippen LogP contribution in [0, 0.1) is 5.82 Å². The van der Waals surface area contributed by atoms with Crippen LogP contribution in [0.15, 0.2) is 47.4 Å². The normalized spacial score (nSPS) is 15.5. The molecule has 1 unspecified atom stereocenters. The van der Waals surface area contributed by atoms with Crippen LogP contribution in [0.3, 0.4) is 0 Å². The van der Waals surface area contributed by atoms with Gasteiger partial charge in [-0.1, -0.05) is 6.07 Å². The van der Waals surface area contributed by atoms with Crippen LogP contribution >= 0.6 is 11.8 Å². The van der Waals surface area contributed by atoms with Gasteiger partial charge in [0, 0.05) is 29.7 Å². The van der Waals surface area contributed by atoms with Gasteiger partial charge in [0.1, 0.15) is 10.6 Å². The molecule has 0 aromatic heterocycles. The molecular formula is C24H30FN3O3S. The van der Waals surface area contributed by atoms with Crippen molar-refractivity contribution in [3.05, 3.63) is 59.4 Å². The van der Waals surface area contributed by atoms with E-state index in [-0.39, 0.29) is 17.9 Å². The maximum atomic E-state index is 13.2. The first kappa shape index (κ1) is 24.1. The number of fused-ring (bicyclic) bond motifs is 1. The largest absolute Gasteiger partial charge is 0.480 e. The van der Waals surface area contributed by atoms with Gasteiger partial charge in [-0.25, -0.2) is 9.18 Å². The lowest BCUT2D eigenvalue weighted by Gasteiger charge is -2.30. The van der Waals surface area contributed by atoms with Crippen molar-refractivity contribution < 1.29 is 19.1 Å². The maximum Gasteiger partial charge on any atom is 0.322 e. The van der Waals surface area contributed by atoms with Crippen LogP contribution in [-0.2, 0) is 17.6 Å². The number of carboxylic acid groups (broad SMARTS) is 1. The predicted octanol–water partition coefficient (Wildman–Crippen LogP) is 4.34. The maximum absolute atomic E-state index is 13.2. The van der Waals surface area contributed by atoms with E-state index >= 15 is 0 Å². The number of aliphatic carboxylic acids is 1. The number of nitrogens with zero attached hydrogens (tertiary/aromatic N) is 2. The number of halogens is 1. The Bertz CT molecular complexity index is 979. The van der Waals surface area contributed by atoms with Crippen molar-refractivity contribution in [3.8, 4) is 0 Å². The molecule has 0 saturated carbocycles. The molecule has 1 aliphatic rings. The van der Waals surface area contributed by atoms with Gasteiger partial charge >= 0.3 is 12.0 Å². The molecular weight excluding hydrogens is 429 g/mol. The highest BCUT2D eigenvalue weighted by atomic mass is 32.2. The summed E-state index contributed by atoms with van der Waals surface area (Å²) in [5.74, 6) is -1.20. The molecule has 32 heavy (non-hydrogen) atoms. The Kier molecular flexibility index (Phi) is 7.46. The van der Waals surface area contributed by atoms with Crippen LogP contribution in [-0.4, -0.2) is 64.9 Å². The lowest BCUT2D eigenvalue weighted by Crippen LogP contribution is -2.46. The number of carboxylic acids is 1. The molecule has 0 bridgehead atoms. The number of anilines is 1. The average Bonchev–Trinajstić information content (AvgIpc) is 3.12. The minimum absolute atomic E-state index is 0.00173. The van der Waals surface area contributed by atoms with Gasteiger partial charge in [0.2, 0.25) is 0 Å². The second-order valence-corrected chi connectivity index (χ2v) is 10.5. The van der Waals surface area contributed by atoms with Gasteiger partial charge in [0.25, 0.3) is 0 Å². The third-order valence-electron chi connectivity index (χ3n) is 5.56. The van der Waals surface area contributed by atoms with Crippen molar-refractivity contribution in [3.63, 3.8) is 0 Å². The molecule has 0 heterocycles. The lowest BCUT2D eigenvalue weighted by atomic mass is 10.1. The fourth-order valence-electron chi connectivity index (χ4n) is 3.68. The van der Waals surface area contributed by atoms with E-state index in [1.165, 1.54) is 29.5 Å². The number of carbonyl (C=O) groups is 2. The van der Waals surface area contributed by atoms with E-state index < -0.39 is 10.7 Å². The molecule has 2 N–H and O–H groups in total. The van der Waals surface area contributed by atoms with Crippen molar-refractivity contribution in [1.82, 2.24) is 9.80 Å². The van der Waals surface area contributed by atoms with Gasteiger partial charge in [-0.3, -0.25) is 4.79 Å². The molecule has 0 radical (unpaired) electrons. The summed E-state index contributed by atoms with van der Waals surface area (Å²) in [5, 5.41) is 12.3. The SMILES string of the molecule is CN(C)CCN(C(=O)Nc1ccc(F)cc1)C1Cc2ccc(SC(C)(C)C(=O)O)cc2C1. The Morgan fingerprint density at radius 2 is 1.75 bits per heavy atom. The highest BCUT2D eigenvalue weighted by Gasteiger charge is 2.32. The Morgan fingerprint density at radius 1 is 1.09 bits per heavy atom. The van der Waals surface area contributed by atoms with Crippen LogP contribution in [0.5, 0.6) is 0 Å². The standard InChI is InChI=1S/C24H30FN3O3S/c1-24(2,22(29)30)32-21-10-5-16-13-20(14-17(16)15-21)28(12-11-27(3)4)23(31)26-19-8-6-18(25)7-9-19/h5-10,15,20H,11-14H2,1-4H3,(H,26,31)(H,29,30). The second-order valence-electron chi connectivity index (χ2n) is 8.84. The van der Waals surface area contributed by atoms with Crippen LogP contribution in [0.1, 0.15) is 25.0 Å². The number of benzene rings is 2. The monoisotopic (exact) mass is 459 g/mol. The summed E-state index contributed by atoms with van der Waals surface area (Å²) in [5.41, 5.74) is 2.87. The van der Waals surface area contributed by atoms with Gasteiger partial charge in [0.15, 0.2) is 0 Å². The topological polar surface area (TPSA) is 72.9 Å². The van der Waals surface area contributed by atoms with Gasteiger partial charge in [-0.2, -0.15) is 0 Å². The summed E-state index contributed by atoms with van der Waals surface area (Å²) in [6.07, 6.45) is 1.45. The van der Waals surface area contributed by atoms with Crippen LogP contribution in [0.2, 0.25) is 0 Å². The van der Waals surface area contributed by atoms with Gasteiger partial charge < -0.3 is 20.2 Å². The smallest absolute Gasteiger partial charge is 0.322 e. The van der Waals surface area contributed by atoms with E-state index in [9.17, 15) is 19.1 Å². The number of amides is 2. The van der Waals surface area contributed by atoms with E-state index in [1.54, 1.807) is 26.0 Å². The van der Waals surface area contributed by atoms with Gasteiger partial charge in [0.05, 0.1) is 0 Å². The summed E-state index contributed by atoms with van der Waals surface area (Å²) < 4.78 is 12.3. The fraction of sp³-hybridized carbons (Fsp3) is 0.417. The molecule has 3 rings (SSSR count). The molecule has 1 aliphatic carbocycles. The van der Waals surface area contributed by atoms with E-state index in [4.69, 9.17) is 0 Å². The van der Waals surface area contributed by atoms with Gasteiger partial charge in [-0.15, -0.1) is 11.8 Å². The first-order valence-corrected chi connectivity index (χ1v) is 11.4. The highest BCUT2D eigenvalue weighted by Crippen LogP contribution is 2.36. The zero-order chi connectivity index (χ0) is 23.5. The molecule has 0 fully saturated rings. The van der Waals surface area contributed by atoms with Crippen molar-refractivity contribution in [2.75, 3.05) is 32.5 Å². The molecule has 6 nitrogen and oxygen atoms in total. The van der Waals surface area contributed by atoms with E-state index in [1.807, 2.05) is 42.1 Å². The summed E-state index contributed by atoms with van der Waals surface area (Å²) in [7, 11) is 3.93. The Labute approximate surface area is 192 Å². The average molecular weight is 460 g/mol. The molecule has 1 atom stereocenters. The highest BCUT2D eigenvalue weighted by molar-refractivity contribution is 8.01. The number of likely N-dealkylation sites (N-methyl/N-ethyl adjacent to an activating group) is 1. The molecule has 8 heteroatoms. The zero-order valence-electron chi connectivity index (χ0n) is 18.9. The minimum atomic E-state index is -0.918. The number of nitrogens with one attached hydrogen (secondary N) is 1. The molecule has 2 aromatic rings. The molecule has 0 saturated heterocycles.